The molecule has 6 nitrogen and oxygen atoms in total. The van der Waals surface area contributed by atoms with Gasteiger partial charge in [-0.1, -0.05) is 43.3 Å². The Morgan fingerprint density at radius 3 is 2.24 bits per heavy atom. The van der Waals surface area contributed by atoms with Crippen molar-refractivity contribution in [3.8, 4) is 5.69 Å². The lowest BCUT2D eigenvalue weighted by atomic mass is 10.1. The van der Waals surface area contributed by atoms with E-state index in [1.165, 1.54) is 0 Å². The van der Waals surface area contributed by atoms with Crippen LogP contribution in [0, 0.1) is 13.8 Å². The van der Waals surface area contributed by atoms with Gasteiger partial charge in [-0.2, -0.15) is 5.10 Å². The summed E-state index contributed by atoms with van der Waals surface area (Å²) in [6, 6.07) is 18.2. The first kappa shape index (κ1) is 24.0. The molecule has 0 N–H and O–H groups in total. The molecule has 0 bridgehead atoms. The minimum atomic E-state index is 0.0661. The molecule has 1 fully saturated rings. The number of carbonyl (C=O) groups is 1. The molecule has 180 valence electrons. The number of piperazine rings is 1. The van der Waals surface area contributed by atoms with Crippen molar-refractivity contribution in [1.82, 2.24) is 19.6 Å². The van der Waals surface area contributed by atoms with Gasteiger partial charge in [0, 0.05) is 43.3 Å². The van der Waals surface area contributed by atoms with Crippen LogP contribution in [0.4, 0.5) is 5.82 Å². The van der Waals surface area contributed by atoms with E-state index in [1.54, 1.807) is 0 Å². The van der Waals surface area contributed by atoms with Gasteiger partial charge in [-0.25, -0.2) is 4.68 Å². The van der Waals surface area contributed by atoms with Crippen LogP contribution in [0.25, 0.3) is 5.69 Å². The first-order valence-corrected chi connectivity index (χ1v) is 12.4. The molecule has 2 aromatic carbocycles. The van der Waals surface area contributed by atoms with Crippen LogP contribution in [0.3, 0.4) is 0 Å². The third-order valence-electron chi connectivity index (χ3n) is 6.87. The number of para-hydroxylation sites is 1. The Morgan fingerprint density at radius 2 is 1.62 bits per heavy atom. The average Bonchev–Trinajstić information content (AvgIpc) is 3.18. The molecule has 0 atom stereocenters. The standard InChI is InChI=1S/C28H37N5O/c1-6-30-16-18-31(19-17-30)27-26(23(5)29-33(27)24-13-8-7-9-14-24)20-32(21(2)3)28(34)25-15-11-10-12-22(25)4/h7-15,21H,6,16-20H2,1-5H3. The van der Waals surface area contributed by atoms with E-state index in [1.807, 2.05) is 54.3 Å². The second-order valence-corrected chi connectivity index (χ2v) is 9.40. The molecule has 0 radical (unpaired) electrons. The molecule has 1 aliphatic heterocycles. The van der Waals surface area contributed by atoms with Crippen LogP contribution in [0.5, 0.6) is 0 Å². The van der Waals surface area contributed by atoms with E-state index in [0.29, 0.717) is 6.54 Å². The molecule has 4 rings (SSSR count). The Kier molecular flexibility index (Phi) is 7.37. The van der Waals surface area contributed by atoms with Crippen molar-refractivity contribution in [2.45, 2.75) is 47.2 Å². The largest absolute Gasteiger partial charge is 0.354 e. The highest BCUT2D eigenvalue weighted by Gasteiger charge is 2.29. The molecule has 0 saturated carbocycles. The Bertz CT molecular complexity index is 1110. The summed E-state index contributed by atoms with van der Waals surface area (Å²) in [7, 11) is 0. The SMILES string of the molecule is CCN1CCN(c2c(CN(C(=O)c3ccccc3C)C(C)C)c(C)nn2-c2ccccc2)CC1. The second-order valence-electron chi connectivity index (χ2n) is 9.40. The maximum Gasteiger partial charge on any atom is 0.254 e. The Labute approximate surface area is 203 Å². The predicted octanol–water partition coefficient (Wildman–Crippen LogP) is 4.68. The fourth-order valence-electron chi connectivity index (χ4n) is 4.71. The quantitative estimate of drug-likeness (QED) is 0.515. The number of likely N-dealkylation sites (N-methyl/N-ethyl adjacent to an activating group) is 1. The van der Waals surface area contributed by atoms with Crippen molar-refractivity contribution in [2.24, 2.45) is 0 Å². The minimum absolute atomic E-state index is 0.0661. The fourth-order valence-corrected chi connectivity index (χ4v) is 4.71. The number of benzene rings is 2. The van der Waals surface area contributed by atoms with Gasteiger partial charge >= 0.3 is 0 Å². The number of aryl methyl sites for hydroxylation is 2. The molecule has 1 aromatic heterocycles. The van der Waals surface area contributed by atoms with Crippen LogP contribution >= 0.6 is 0 Å². The van der Waals surface area contributed by atoms with Gasteiger partial charge in [-0.3, -0.25) is 4.79 Å². The zero-order valence-electron chi connectivity index (χ0n) is 21.2. The van der Waals surface area contributed by atoms with E-state index in [9.17, 15) is 4.79 Å². The zero-order chi connectivity index (χ0) is 24.2. The molecule has 1 amide bonds. The first-order valence-electron chi connectivity index (χ1n) is 12.4. The number of carbonyl (C=O) groups excluding carboxylic acids is 1. The summed E-state index contributed by atoms with van der Waals surface area (Å²) in [6.07, 6.45) is 0. The van der Waals surface area contributed by atoms with E-state index in [0.717, 1.165) is 66.6 Å². The highest BCUT2D eigenvalue weighted by atomic mass is 16.2. The third kappa shape index (κ3) is 4.87. The number of anilines is 1. The summed E-state index contributed by atoms with van der Waals surface area (Å²) >= 11 is 0. The molecule has 0 spiro atoms. The van der Waals surface area contributed by atoms with Crippen LogP contribution in [0.15, 0.2) is 54.6 Å². The lowest BCUT2D eigenvalue weighted by Gasteiger charge is -2.37. The highest BCUT2D eigenvalue weighted by molar-refractivity contribution is 5.95. The van der Waals surface area contributed by atoms with E-state index >= 15 is 0 Å². The summed E-state index contributed by atoms with van der Waals surface area (Å²) in [5.74, 6) is 1.18. The third-order valence-corrected chi connectivity index (χ3v) is 6.87. The first-order chi connectivity index (χ1) is 16.4. The molecule has 0 aliphatic carbocycles. The lowest BCUT2D eigenvalue weighted by molar-refractivity contribution is 0.0689. The van der Waals surface area contributed by atoms with E-state index in [2.05, 4.69) is 54.3 Å². The lowest BCUT2D eigenvalue weighted by Crippen LogP contribution is -2.47. The van der Waals surface area contributed by atoms with Crippen molar-refractivity contribution in [3.05, 3.63) is 77.0 Å². The van der Waals surface area contributed by atoms with Gasteiger partial charge in [0.1, 0.15) is 5.82 Å². The number of aromatic nitrogens is 2. The van der Waals surface area contributed by atoms with Gasteiger partial charge in [0.25, 0.3) is 5.91 Å². The van der Waals surface area contributed by atoms with Crippen LogP contribution in [-0.2, 0) is 6.54 Å². The van der Waals surface area contributed by atoms with Gasteiger partial charge in [0.2, 0.25) is 0 Å². The summed E-state index contributed by atoms with van der Waals surface area (Å²) in [5, 5.41) is 4.98. The topological polar surface area (TPSA) is 44.6 Å². The molecule has 3 aromatic rings. The zero-order valence-corrected chi connectivity index (χ0v) is 21.2. The molecular formula is C28H37N5O. The maximum absolute atomic E-state index is 13.6. The number of hydrogen-bond donors (Lipinski definition) is 0. The predicted molar refractivity (Wildman–Crippen MR) is 139 cm³/mol. The Hall–Kier alpha value is -3.12. The highest BCUT2D eigenvalue weighted by Crippen LogP contribution is 2.30. The summed E-state index contributed by atoms with van der Waals surface area (Å²) in [5.41, 5.74) is 4.92. The van der Waals surface area contributed by atoms with Gasteiger partial charge < -0.3 is 14.7 Å². The summed E-state index contributed by atoms with van der Waals surface area (Å²) < 4.78 is 2.07. The molecule has 1 saturated heterocycles. The number of nitrogens with zero attached hydrogens (tertiary/aromatic N) is 5. The molecule has 2 heterocycles. The molecule has 6 heteroatoms. The van der Waals surface area contributed by atoms with E-state index in [-0.39, 0.29) is 11.9 Å². The number of hydrogen-bond acceptors (Lipinski definition) is 4. The van der Waals surface area contributed by atoms with Crippen molar-refractivity contribution >= 4 is 11.7 Å². The number of amides is 1. The summed E-state index contributed by atoms with van der Waals surface area (Å²) in [4.78, 5) is 20.6. The van der Waals surface area contributed by atoms with Crippen LogP contribution in [-0.4, -0.2) is 64.3 Å². The number of rotatable bonds is 7. The van der Waals surface area contributed by atoms with Crippen LogP contribution in [0.1, 0.15) is 48.0 Å². The van der Waals surface area contributed by atoms with Gasteiger partial charge in [0.05, 0.1) is 17.9 Å². The minimum Gasteiger partial charge on any atom is -0.354 e. The summed E-state index contributed by atoms with van der Waals surface area (Å²) in [6.45, 7) is 16.0. The molecular weight excluding hydrogens is 422 g/mol. The van der Waals surface area contributed by atoms with E-state index in [4.69, 9.17) is 5.10 Å². The normalized spacial score (nSPS) is 14.6. The monoisotopic (exact) mass is 459 g/mol. The van der Waals surface area contributed by atoms with Crippen molar-refractivity contribution in [1.29, 1.82) is 0 Å². The van der Waals surface area contributed by atoms with Gasteiger partial charge in [-0.05, 0) is 58.0 Å². The van der Waals surface area contributed by atoms with Crippen LogP contribution < -0.4 is 4.90 Å². The van der Waals surface area contributed by atoms with Gasteiger partial charge in [0.15, 0.2) is 0 Å². The molecule has 1 aliphatic rings. The Morgan fingerprint density at radius 1 is 0.971 bits per heavy atom. The smallest absolute Gasteiger partial charge is 0.254 e. The van der Waals surface area contributed by atoms with Gasteiger partial charge in [-0.15, -0.1) is 0 Å². The maximum atomic E-state index is 13.6. The van der Waals surface area contributed by atoms with Crippen molar-refractivity contribution in [2.75, 3.05) is 37.6 Å². The second kappa shape index (κ2) is 10.4. The Balaban J connectivity index is 1.75. The van der Waals surface area contributed by atoms with Crippen molar-refractivity contribution in [3.63, 3.8) is 0 Å². The fraction of sp³-hybridized carbons (Fsp3) is 0.429. The average molecular weight is 460 g/mol. The molecule has 34 heavy (non-hydrogen) atoms. The molecule has 0 unspecified atom stereocenters. The van der Waals surface area contributed by atoms with Crippen molar-refractivity contribution < 1.29 is 4.79 Å². The van der Waals surface area contributed by atoms with Crippen LogP contribution in [0.2, 0.25) is 0 Å². The van der Waals surface area contributed by atoms with E-state index < -0.39 is 0 Å².